The minimum absolute atomic E-state index is 0.0658. The van der Waals surface area contributed by atoms with Crippen molar-refractivity contribution >= 4 is 23.2 Å². The van der Waals surface area contributed by atoms with Crippen LogP contribution in [-0.2, 0) is 9.59 Å². The lowest BCUT2D eigenvalue weighted by atomic mass is 10.1. The minimum Gasteiger partial charge on any atom is -0.484 e. The Balaban J connectivity index is 1.95. The largest absolute Gasteiger partial charge is 0.484 e. The highest BCUT2D eigenvalue weighted by Crippen LogP contribution is 2.20. The zero-order valence-corrected chi connectivity index (χ0v) is 13.3. The van der Waals surface area contributed by atoms with Gasteiger partial charge < -0.3 is 15.4 Å². The highest BCUT2D eigenvalue weighted by Gasteiger charge is 2.07. The third-order valence-corrected chi connectivity index (χ3v) is 3.23. The standard InChI is InChI=1S/C18H20N2O3/c1-3-17(21)20-16-11-14(10-9-13(16)2)19-18(22)12-23-15-7-5-4-6-8-15/h4-11H,3,12H2,1-2H3,(H,19,22)(H,20,21). The molecular weight excluding hydrogens is 292 g/mol. The average molecular weight is 312 g/mol. The van der Waals surface area contributed by atoms with Crippen molar-refractivity contribution in [2.45, 2.75) is 20.3 Å². The van der Waals surface area contributed by atoms with Crippen molar-refractivity contribution in [3.8, 4) is 5.75 Å². The normalized spacial score (nSPS) is 10.0. The van der Waals surface area contributed by atoms with Gasteiger partial charge in [0.25, 0.3) is 5.91 Å². The van der Waals surface area contributed by atoms with Crippen LogP contribution in [-0.4, -0.2) is 18.4 Å². The lowest BCUT2D eigenvalue weighted by molar-refractivity contribution is -0.118. The molecule has 23 heavy (non-hydrogen) atoms. The fraction of sp³-hybridized carbons (Fsp3) is 0.222. The molecular formula is C18H20N2O3. The third kappa shape index (κ3) is 5.14. The van der Waals surface area contributed by atoms with E-state index in [1.165, 1.54) is 0 Å². The van der Waals surface area contributed by atoms with Crippen LogP contribution in [0.15, 0.2) is 48.5 Å². The Labute approximate surface area is 135 Å². The van der Waals surface area contributed by atoms with Gasteiger partial charge in [-0.1, -0.05) is 31.2 Å². The molecule has 5 nitrogen and oxygen atoms in total. The lowest BCUT2D eigenvalue weighted by Crippen LogP contribution is -2.20. The van der Waals surface area contributed by atoms with Crippen molar-refractivity contribution < 1.29 is 14.3 Å². The van der Waals surface area contributed by atoms with E-state index in [1.807, 2.05) is 31.2 Å². The molecule has 2 N–H and O–H groups in total. The minimum atomic E-state index is -0.259. The van der Waals surface area contributed by atoms with E-state index < -0.39 is 0 Å². The molecule has 0 aliphatic carbocycles. The second kappa shape index (κ2) is 7.98. The smallest absolute Gasteiger partial charge is 0.262 e. The van der Waals surface area contributed by atoms with Crippen molar-refractivity contribution in [3.05, 3.63) is 54.1 Å². The first-order chi connectivity index (χ1) is 11.1. The Morgan fingerprint density at radius 3 is 2.43 bits per heavy atom. The van der Waals surface area contributed by atoms with Crippen LogP contribution in [0.2, 0.25) is 0 Å². The number of hydrogen-bond acceptors (Lipinski definition) is 3. The Bertz CT molecular complexity index is 684. The summed E-state index contributed by atoms with van der Waals surface area (Å²) in [7, 11) is 0. The molecule has 0 fully saturated rings. The molecule has 2 aromatic carbocycles. The van der Waals surface area contributed by atoms with Crippen LogP contribution in [0.5, 0.6) is 5.75 Å². The molecule has 2 rings (SSSR count). The Morgan fingerprint density at radius 1 is 1.00 bits per heavy atom. The van der Waals surface area contributed by atoms with Gasteiger partial charge in [0, 0.05) is 17.8 Å². The number of nitrogens with one attached hydrogen (secondary N) is 2. The van der Waals surface area contributed by atoms with E-state index in [0.717, 1.165) is 5.56 Å². The number of amides is 2. The number of carbonyl (C=O) groups excluding carboxylic acids is 2. The number of ether oxygens (including phenoxy) is 1. The number of benzene rings is 2. The molecule has 0 bridgehead atoms. The number of para-hydroxylation sites is 1. The molecule has 0 radical (unpaired) electrons. The van der Waals surface area contributed by atoms with Crippen molar-refractivity contribution in [1.29, 1.82) is 0 Å². The van der Waals surface area contributed by atoms with E-state index in [1.54, 1.807) is 31.2 Å². The number of rotatable bonds is 6. The first-order valence-corrected chi connectivity index (χ1v) is 7.46. The summed E-state index contributed by atoms with van der Waals surface area (Å²) in [6.45, 7) is 3.61. The molecule has 0 aliphatic rings. The quantitative estimate of drug-likeness (QED) is 0.859. The summed E-state index contributed by atoms with van der Waals surface area (Å²) < 4.78 is 5.39. The Morgan fingerprint density at radius 2 is 1.74 bits per heavy atom. The first-order valence-electron chi connectivity index (χ1n) is 7.46. The van der Waals surface area contributed by atoms with Crippen LogP contribution in [0.3, 0.4) is 0 Å². The van der Waals surface area contributed by atoms with Gasteiger partial charge in [-0.05, 0) is 36.8 Å². The van der Waals surface area contributed by atoms with Gasteiger partial charge >= 0.3 is 0 Å². The van der Waals surface area contributed by atoms with Gasteiger partial charge in [-0.25, -0.2) is 0 Å². The van der Waals surface area contributed by atoms with E-state index in [0.29, 0.717) is 23.5 Å². The molecule has 2 amide bonds. The van der Waals surface area contributed by atoms with Gasteiger partial charge in [0.1, 0.15) is 5.75 Å². The number of aryl methyl sites for hydroxylation is 1. The van der Waals surface area contributed by atoms with E-state index in [-0.39, 0.29) is 18.4 Å². The van der Waals surface area contributed by atoms with Gasteiger partial charge in [0.15, 0.2) is 6.61 Å². The molecule has 0 heterocycles. The fourth-order valence-electron chi connectivity index (χ4n) is 1.94. The van der Waals surface area contributed by atoms with Crippen LogP contribution in [0.1, 0.15) is 18.9 Å². The topological polar surface area (TPSA) is 67.4 Å². The van der Waals surface area contributed by atoms with Gasteiger partial charge in [0.2, 0.25) is 5.91 Å². The van der Waals surface area contributed by atoms with Gasteiger partial charge in [-0.3, -0.25) is 9.59 Å². The zero-order chi connectivity index (χ0) is 16.7. The zero-order valence-electron chi connectivity index (χ0n) is 13.3. The second-order valence-electron chi connectivity index (χ2n) is 5.08. The molecule has 0 aromatic heterocycles. The first kappa shape index (κ1) is 16.5. The van der Waals surface area contributed by atoms with Crippen LogP contribution in [0, 0.1) is 6.92 Å². The molecule has 0 spiro atoms. The van der Waals surface area contributed by atoms with Crippen molar-refractivity contribution in [2.75, 3.05) is 17.2 Å². The summed E-state index contributed by atoms with van der Waals surface area (Å²) in [5.41, 5.74) is 2.24. The van der Waals surface area contributed by atoms with Crippen LogP contribution >= 0.6 is 0 Å². The summed E-state index contributed by atoms with van der Waals surface area (Å²) in [4.78, 5) is 23.4. The van der Waals surface area contributed by atoms with Crippen LogP contribution in [0.25, 0.3) is 0 Å². The molecule has 2 aromatic rings. The van der Waals surface area contributed by atoms with Crippen molar-refractivity contribution in [2.24, 2.45) is 0 Å². The highest BCUT2D eigenvalue weighted by atomic mass is 16.5. The maximum Gasteiger partial charge on any atom is 0.262 e. The fourth-order valence-corrected chi connectivity index (χ4v) is 1.94. The predicted molar refractivity (Wildman–Crippen MR) is 90.7 cm³/mol. The van der Waals surface area contributed by atoms with Crippen molar-refractivity contribution in [1.82, 2.24) is 0 Å². The third-order valence-electron chi connectivity index (χ3n) is 3.23. The number of carbonyl (C=O) groups is 2. The van der Waals surface area contributed by atoms with Crippen LogP contribution < -0.4 is 15.4 Å². The number of anilines is 2. The van der Waals surface area contributed by atoms with E-state index >= 15 is 0 Å². The maximum atomic E-state index is 11.9. The molecule has 5 heteroatoms. The van der Waals surface area contributed by atoms with Gasteiger partial charge in [0.05, 0.1) is 0 Å². The summed E-state index contributed by atoms with van der Waals surface area (Å²) >= 11 is 0. The molecule has 120 valence electrons. The Kier molecular flexibility index (Phi) is 5.74. The predicted octanol–water partition coefficient (Wildman–Crippen LogP) is 3.36. The molecule has 0 atom stereocenters. The lowest BCUT2D eigenvalue weighted by Gasteiger charge is -2.11. The summed E-state index contributed by atoms with van der Waals surface area (Å²) in [6.07, 6.45) is 0.404. The Hall–Kier alpha value is -2.82. The van der Waals surface area contributed by atoms with Gasteiger partial charge in [-0.15, -0.1) is 0 Å². The molecule has 0 unspecified atom stereocenters. The van der Waals surface area contributed by atoms with Crippen molar-refractivity contribution in [3.63, 3.8) is 0 Å². The molecule has 0 saturated heterocycles. The maximum absolute atomic E-state index is 11.9. The van der Waals surface area contributed by atoms with E-state index in [9.17, 15) is 9.59 Å². The van der Waals surface area contributed by atoms with E-state index in [4.69, 9.17) is 4.74 Å². The highest BCUT2D eigenvalue weighted by molar-refractivity contribution is 5.95. The number of hydrogen-bond donors (Lipinski definition) is 2. The second-order valence-corrected chi connectivity index (χ2v) is 5.08. The van der Waals surface area contributed by atoms with Gasteiger partial charge in [-0.2, -0.15) is 0 Å². The summed E-state index contributed by atoms with van der Waals surface area (Å²) in [5.74, 6) is 0.317. The summed E-state index contributed by atoms with van der Waals surface area (Å²) in [5, 5.41) is 5.57. The SMILES string of the molecule is CCC(=O)Nc1cc(NC(=O)COc2ccccc2)ccc1C. The summed E-state index contributed by atoms with van der Waals surface area (Å²) in [6, 6.07) is 14.5. The van der Waals surface area contributed by atoms with Crippen LogP contribution in [0.4, 0.5) is 11.4 Å². The average Bonchev–Trinajstić information content (AvgIpc) is 2.57. The molecule has 0 saturated carbocycles. The molecule has 0 aliphatic heterocycles. The monoisotopic (exact) mass is 312 g/mol. The van der Waals surface area contributed by atoms with E-state index in [2.05, 4.69) is 10.6 Å².